The Morgan fingerprint density at radius 2 is 1.70 bits per heavy atom. The second-order valence-corrected chi connectivity index (χ2v) is 7.45. The molecule has 3 rings (SSSR count). The number of carbonyl (C=O) groups is 2. The number of imide groups is 1. The molecule has 2 aromatic carbocycles. The highest BCUT2D eigenvalue weighted by atomic mass is 32.2. The average Bonchev–Trinajstić information content (AvgIpc) is 2.88. The van der Waals surface area contributed by atoms with E-state index in [2.05, 4.69) is 0 Å². The second kappa shape index (κ2) is 7.36. The first-order valence-corrected chi connectivity index (χ1v) is 9.41. The second-order valence-electron chi connectivity index (χ2n) is 6.18. The zero-order valence-corrected chi connectivity index (χ0v) is 16.0. The Morgan fingerprint density at radius 3 is 2.30 bits per heavy atom. The molecule has 138 valence electrons. The minimum Gasteiger partial charge on any atom is -0.268 e. The predicted octanol–water partition coefficient (Wildman–Crippen LogP) is 4.25. The SMILES string of the molecule is CCSC1=C(c2ccc([N+](=O)[O-])cc2)C(=O)N(c2cc(C)ccc2C)C1=O. The van der Waals surface area contributed by atoms with Crippen molar-refractivity contribution in [1.82, 2.24) is 0 Å². The van der Waals surface area contributed by atoms with Crippen LogP contribution in [-0.4, -0.2) is 22.5 Å². The largest absolute Gasteiger partial charge is 0.272 e. The number of rotatable bonds is 5. The Morgan fingerprint density at radius 1 is 1.04 bits per heavy atom. The van der Waals surface area contributed by atoms with Crippen LogP contribution in [0.3, 0.4) is 0 Å². The molecule has 0 spiro atoms. The number of hydrogen-bond acceptors (Lipinski definition) is 5. The Hall–Kier alpha value is -2.93. The van der Waals surface area contributed by atoms with Gasteiger partial charge in [0, 0.05) is 12.1 Å². The van der Waals surface area contributed by atoms with Gasteiger partial charge in [-0.15, -0.1) is 11.8 Å². The molecule has 1 aliphatic heterocycles. The fraction of sp³-hybridized carbons (Fsp3) is 0.200. The van der Waals surface area contributed by atoms with Crippen LogP contribution < -0.4 is 4.90 Å². The van der Waals surface area contributed by atoms with Crippen LogP contribution in [-0.2, 0) is 9.59 Å². The summed E-state index contributed by atoms with van der Waals surface area (Å²) in [5, 5.41) is 10.9. The van der Waals surface area contributed by atoms with E-state index < -0.39 is 10.8 Å². The van der Waals surface area contributed by atoms with Crippen LogP contribution >= 0.6 is 11.8 Å². The van der Waals surface area contributed by atoms with Gasteiger partial charge < -0.3 is 0 Å². The zero-order chi connectivity index (χ0) is 19.7. The molecule has 0 saturated carbocycles. The van der Waals surface area contributed by atoms with Crippen LogP contribution in [0.4, 0.5) is 11.4 Å². The lowest BCUT2D eigenvalue weighted by atomic mass is 10.1. The van der Waals surface area contributed by atoms with Crippen molar-refractivity contribution in [3.63, 3.8) is 0 Å². The number of thioether (sulfide) groups is 1. The van der Waals surface area contributed by atoms with Gasteiger partial charge in [0.25, 0.3) is 17.5 Å². The van der Waals surface area contributed by atoms with Crippen molar-refractivity contribution in [2.24, 2.45) is 0 Å². The van der Waals surface area contributed by atoms with E-state index in [4.69, 9.17) is 0 Å². The highest BCUT2D eigenvalue weighted by Gasteiger charge is 2.40. The van der Waals surface area contributed by atoms with Crippen LogP contribution in [0.2, 0.25) is 0 Å². The minimum absolute atomic E-state index is 0.0628. The molecule has 0 aromatic heterocycles. The quantitative estimate of drug-likeness (QED) is 0.439. The van der Waals surface area contributed by atoms with E-state index in [-0.39, 0.29) is 11.6 Å². The van der Waals surface area contributed by atoms with Gasteiger partial charge in [-0.1, -0.05) is 19.1 Å². The Bertz CT molecular complexity index is 980. The van der Waals surface area contributed by atoms with E-state index in [1.54, 1.807) is 0 Å². The molecule has 0 atom stereocenters. The lowest BCUT2D eigenvalue weighted by Gasteiger charge is -2.18. The summed E-state index contributed by atoms with van der Waals surface area (Å²) in [6.07, 6.45) is 0. The number of hydrogen-bond donors (Lipinski definition) is 0. The van der Waals surface area contributed by atoms with Crippen LogP contribution in [0, 0.1) is 24.0 Å². The first-order chi connectivity index (χ1) is 12.8. The number of benzene rings is 2. The molecule has 2 aromatic rings. The Kier molecular flexibility index (Phi) is 5.14. The maximum atomic E-state index is 13.2. The van der Waals surface area contributed by atoms with Crippen LogP contribution in [0.1, 0.15) is 23.6 Å². The topological polar surface area (TPSA) is 80.5 Å². The summed E-state index contributed by atoms with van der Waals surface area (Å²) in [6.45, 7) is 5.66. The normalized spacial score (nSPS) is 14.3. The molecule has 6 nitrogen and oxygen atoms in total. The number of nitro groups is 1. The van der Waals surface area contributed by atoms with Crippen LogP contribution in [0.25, 0.3) is 5.57 Å². The smallest absolute Gasteiger partial charge is 0.268 e. The van der Waals surface area contributed by atoms with Crippen molar-refractivity contribution in [2.45, 2.75) is 20.8 Å². The summed E-state index contributed by atoms with van der Waals surface area (Å²) >= 11 is 1.31. The molecule has 2 amide bonds. The van der Waals surface area contributed by atoms with Gasteiger partial charge in [-0.3, -0.25) is 19.7 Å². The van der Waals surface area contributed by atoms with Crippen molar-refractivity contribution in [3.05, 3.63) is 74.2 Å². The first-order valence-electron chi connectivity index (χ1n) is 8.43. The maximum absolute atomic E-state index is 13.2. The van der Waals surface area contributed by atoms with Crippen molar-refractivity contribution in [3.8, 4) is 0 Å². The number of anilines is 1. The number of nitro benzene ring substituents is 1. The third kappa shape index (κ3) is 3.38. The van der Waals surface area contributed by atoms with E-state index in [1.165, 1.54) is 40.9 Å². The fourth-order valence-corrected chi connectivity index (χ4v) is 3.82. The predicted molar refractivity (Wildman–Crippen MR) is 107 cm³/mol. The van der Waals surface area contributed by atoms with Gasteiger partial charge in [0.05, 0.1) is 21.1 Å². The minimum atomic E-state index is -0.496. The van der Waals surface area contributed by atoms with Gasteiger partial charge >= 0.3 is 0 Å². The molecule has 0 saturated heterocycles. The molecular weight excluding hydrogens is 364 g/mol. The first kappa shape index (κ1) is 18.8. The summed E-state index contributed by atoms with van der Waals surface area (Å²) < 4.78 is 0. The van der Waals surface area contributed by atoms with Gasteiger partial charge in [-0.05, 0) is 54.5 Å². The Balaban J connectivity index is 2.10. The van der Waals surface area contributed by atoms with Crippen molar-refractivity contribution in [2.75, 3.05) is 10.7 Å². The average molecular weight is 382 g/mol. The monoisotopic (exact) mass is 382 g/mol. The molecule has 0 radical (unpaired) electrons. The molecule has 1 heterocycles. The van der Waals surface area contributed by atoms with E-state index in [9.17, 15) is 19.7 Å². The van der Waals surface area contributed by atoms with E-state index >= 15 is 0 Å². The van der Waals surface area contributed by atoms with Gasteiger partial charge in [-0.25, -0.2) is 4.90 Å². The molecule has 7 heteroatoms. The summed E-state index contributed by atoms with van der Waals surface area (Å²) in [7, 11) is 0. The molecule has 0 aliphatic carbocycles. The van der Waals surface area contributed by atoms with Crippen LogP contribution in [0.5, 0.6) is 0 Å². The lowest BCUT2D eigenvalue weighted by Crippen LogP contribution is -2.32. The third-order valence-corrected chi connectivity index (χ3v) is 5.26. The van der Waals surface area contributed by atoms with Gasteiger partial charge in [0.2, 0.25) is 0 Å². The summed E-state index contributed by atoms with van der Waals surface area (Å²) in [5.41, 5.74) is 3.08. The van der Waals surface area contributed by atoms with Crippen molar-refractivity contribution < 1.29 is 14.5 Å². The van der Waals surface area contributed by atoms with Crippen molar-refractivity contribution in [1.29, 1.82) is 0 Å². The standard InChI is InChI=1S/C20H18N2O4S/c1-4-27-18-17(14-7-9-15(10-8-14)22(25)26)19(23)21(20(18)24)16-11-12(2)5-6-13(16)3/h5-11H,4H2,1-3H3. The van der Waals surface area contributed by atoms with Crippen LogP contribution in [0.15, 0.2) is 47.4 Å². The van der Waals surface area contributed by atoms with E-state index in [0.717, 1.165) is 11.1 Å². The highest BCUT2D eigenvalue weighted by molar-refractivity contribution is 8.04. The lowest BCUT2D eigenvalue weighted by molar-refractivity contribution is -0.384. The van der Waals surface area contributed by atoms with E-state index in [1.807, 2.05) is 39.0 Å². The molecule has 0 fully saturated rings. The number of non-ortho nitro benzene ring substituents is 1. The summed E-state index contributed by atoms with van der Waals surface area (Å²) in [6, 6.07) is 11.3. The van der Waals surface area contributed by atoms with Gasteiger partial charge in [0.1, 0.15) is 0 Å². The molecule has 0 N–H and O–H groups in total. The Labute approximate surface area is 161 Å². The number of carbonyl (C=O) groups excluding carboxylic acids is 2. The molecule has 27 heavy (non-hydrogen) atoms. The third-order valence-electron chi connectivity index (χ3n) is 4.30. The number of aryl methyl sites for hydroxylation is 2. The van der Waals surface area contributed by atoms with Gasteiger partial charge in [0.15, 0.2) is 0 Å². The molecule has 0 bridgehead atoms. The highest BCUT2D eigenvalue weighted by Crippen LogP contribution is 2.39. The summed E-state index contributed by atoms with van der Waals surface area (Å²) in [4.78, 5) is 38.2. The van der Waals surface area contributed by atoms with Gasteiger partial charge in [-0.2, -0.15) is 0 Å². The fourth-order valence-electron chi connectivity index (χ4n) is 2.97. The summed E-state index contributed by atoms with van der Waals surface area (Å²) in [5.74, 6) is -0.127. The number of amides is 2. The van der Waals surface area contributed by atoms with Crippen molar-refractivity contribution >= 4 is 40.5 Å². The van der Waals surface area contributed by atoms with E-state index in [0.29, 0.717) is 27.5 Å². The maximum Gasteiger partial charge on any atom is 0.272 e. The molecule has 0 unspecified atom stereocenters. The number of nitrogens with zero attached hydrogens (tertiary/aromatic N) is 2. The molecular formula is C20H18N2O4S. The molecule has 1 aliphatic rings. The zero-order valence-electron chi connectivity index (χ0n) is 15.2.